The van der Waals surface area contributed by atoms with Crippen LogP contribution in [0.1, 0.15) is 20.3 Å². The van der Waals surface area contributed by atoms with E-state index in [1.54, 1.807) is 0 Å². The predicted molar refractivity (Wildman–Crippen MR) is 42.1 cm³/mol. The fourth-order valence-corrected chi connectivity index (χ4v) is 1.53. The van der Waals surface area contributed by atoms with Gasteiger partial charge in [-0.1, -0.05) is 6.92 Å². The molecule has 60 valence electrons. The molecule has 2 atom stereocenters. The first-order chi connectivity index (χ1) is 4.88. The SMILES string of the molecule is CCOC1CNCC1CC. The van der Waals surface area contributed by atoms with Gasteiger partial charge in [0, 0.05) is 19.7 Å². The Balaban J connectivity index is 2.27. The van der Waals surface area contributed by atoms with Crippen molar-refractivity contribution in [3.05, 3.63) is 0 Å². The van der Waals surface area contributed by atoms with Crippen molar-refractivity contribution < 1.29 is 4.74 Å². The van der Waals surface area contributed by atoms with E-state index >= 15 is 0 Å². The van der Waals surface area contributed by atoms with Gasteiger partial charge in [0.25, 0.3) is 0 Å². The highest BCUT2D eigenvalue weighted by molar-refractivity contribution is 4.80. The third-order valence-electron chi connectivity index (χ3n) is 2.18. The molecule has 0 amide bonds. The molecule has 0 aromatic carbocycles. The molecule has 2 heteroatoms. The Morgan fingerprint density at radius 1 is 1.40 bits per heavy atom. The van der Waals surface area contributed by atoms with E-state index in [9.17, 15) is 0 Å². The highest BCUT2D eigenvalue weighted by atomic mass is 16.5. The smallest absolute Gasteiger partial charge is 0.0739 e. The molecule has 1 aliphatic heterocycles. The molecule has 1 aliphatic rings. The van der Waals surface area contributed by atoms with Crippen molar-refractivity contribution in [2.24, 2.45) is 5.92 Å². The molecule has 0 radical (unpaired) electrons. The zero-order chi connectivity index (χ0) is 7.40. The molecule has 1 rings (SSSR count). The Labute approximate surface area is 63.0 Å². The van der Waals surface area contributed by atoms with Crippen LogP contribution in [0.3, 0.4) is 0 Å². The molecule has 10 heavy (non-hydrogen) atoms. The van der Waals surface area contributed by atoms with Crippen LogP contribution in [-0.4, -0.2) is 25.8 Å². The van der Waals surface area contributed by atoms with E-state index in [0.717, 1.165) is 25.6 Å². The minimum Gasteiger partial charge on any atom is -0.377 e. The summed E-state index contributed by atoms with van der Waals surface area (Å²) in [5.74, 6) is 0.750. The van der Waals surface area contributed by atoms with Crippen LogP contribution < -0.4 is 5.32 Å². The minimum atomic E-state index is 0.481. The molecule has 2 nitrogen and oxygen atoms in total. The Morgan fingerprint density at radius 2 is 2.20 bits per heavy atom. The standard InChI is InChI=1S/C8H17NO/c1-3-7-5-9-6-8(7)10-4-2/h7-9H,3-6H2,1-2H3. The molecule has 2 unspecified atom stereocenters. The molecule has 0 saturated carbocycles. The van der Waals surface area contributed by atoms with Crippen LogP contribution in [0.2, 0.25) is 0 Å². The normalized spacial score (nSPS) is 33.0. The fourth-order valence-electron chi connectivity index (χ4n) is 1.53. The number of hydrogen-bond acceptors (Lipinski definition) is 2. The molecule has 0 bridgehead atoms. The first kappa shape index (κ1) is 8.02. The zero-order valence-corrected chi connectivity index (χ0v) is 6.89. The molecule has 0 aliphatic carbocycles. The van der Waals surface area contributed by atoms with Crippen LogP contribution in [0.5, 0.6) is 0 Å². The topological polar surface area (TPSA) is 21.3 Å². The maximum absolute atomic E-state index is 5.54. The van der Waals surface area contributed by atoms with Crippen molar-refractivity contribution in [2.75, 3.05) is 19.7 Å². The summed E-state index contributed by atoms with van der Waals surface area (Å²) in [5, 5.41) is 3.33. The Morgan fingerprint density at radius 3 is 2.80 bits per heavy atom. The van der Waals surface area contributed by atoms with Crippen molar-refractivity contribution in [3.63, 3.8) is 0 Å². The van der Waals surface area contributed by atoms with Crippen molar-refractivity contribution in [2.45, 2.75) is 26.4 Å². The van der Waals surface area contributed by atoms with Gasteiger partial charge in [-0.15, -0.1) is 0 Å². The van der Waals surface area contributed by atoms with Crippen LogP contribution in [0.25, 0.3) is 0 Å². The molecular formula is C8H17NO. The van der Waals surface area contributed by atoms with Gasteiger partial charge < -0.3 is 10.1 Å². The maximum Gasteiger partial charge on any atom is 0.0739 e. The number of rotatable bonds is 3. The average molecular weight is 143 g/mol. The van der Waals surface area contributed by atoms with E-state index in [1.807, 2.05) is 0 Å². The first-order valence-electron chi connectivity index (χ1n) is 4.20. The van der Waals surface area contributed by atoms with E-state index in [2.05, 4.69) is 19.2 Å². The highest BCUT2D eigenvalue weighted by Gasteiger charge is 2.25. The summed E-state index contributed by atoms with van der Waals surface area (Å²) in [4.78, 5) is 0. The zero-order valence-electron chi connectivity index (χ0n) is 6.89. The Kier molecular flexibility index (Phi) is 3.16. The lowest BCUT2D eigenvalue weighted by molar-refractivity contribution is 0.0458. The monoisotopic (exact) mass is 143 g/mol. The van der Waals surface area contributed by atoms with Crippen molar-refractivity contribution in [1.82, 2.24) is 5.32 Å². The summed E-state index contributed by atoms with van der Waals surface area (Å²) in [6.07, 6.45) is 1.72. The van der Waals surface area contributed by atoms with Crippen LogP contribution in [0.4, 0.5) is 0 Å². The van der Waals surface area contributed by atoms with E-state index < -0.39 is 0 Å². The van der Waals surface area contributed by atoms with Gasteiger partial charge >= 0.3 is 0 Å². The molecular weight excluding hydrogens is 126 g/mol. The van der Waals surface area contributed by atoms with Gasteiger partial charge in [0.1, 0.15) is 0 Å². The van der Waals surface area contributed by atoms with Crippen molar-refractivity contribution in [3.8, 4) is 0 Å². The minimum absolute atomic E-state index is 0.481. The maximum atomic E-state index is 5.54. The predicted octanol–water partition coefficient (Wildman–Crippen LogP) is 1.02. The Hall–Kier alpha value is -0.0800. The lowest BCUT2D eigenvalue weighted by Crippen LogP contribution is -2.21. The van der Waals surface area contributed by atoms with Crippen LogP contribution in [0.15, 0.2) is 0 Å². The number of ether oxygens (including phenoxy) is 1. The summed E-state index contributed by atoms with van der Waals surface area (Å²) >= 11 is 0. The molecule has 0 spiro atoms. The second kappa shape index (κ2) is 3.94. The van der Waals surface area contributed by atoms with E-state index in [1.165, 1.54) is 6.42 Å². The summed E-state index contributed by atoms with van der Waals surface area (Å²) in [6.45, 7) is 7.32. The Bertz CT molecular complexity index is 95.3. The molecule has 1 N–H and O–H groups in total. The van der Waals surface area contributed by atoms with E-state index in [4.69, 9.17) is 4.74 Å². The third kappa shape index (κ3) is 1.70. The van der Waals surface area contributed by atoms with Crippen LogP contribution >= 0.6 is 0 Å². The second-order valence-electron chi connectivity index (χ2n) is 2.82. The lowest BCUT2D eigenvalue weighted by Gasteiger charge is -2.15. The summed E-state index contributed by atoms with van der Waals surface area (Å²) in [6, 6.07) is 0. The average Bonchev–Trinajstić information content (AvgIpc) is 2.36. The number of hydrogen-bond donors (Lipinski definition) is 1. The van der Waals surface area contributed by atoms with Crippen LogP contribution in [0, 0.1) is 5.92 Å². The molecule has 0 aromatic heterocycles. The van der Waals surface area contributed by atoms with Gasteiger partial charge in [-0.2, -0.15) is 0 Å². The van der Waals surface area contributed by atoms with E-state index in [0.29, 0.717) is 6.10 Å². The lowest BCUT2D eigenvalue weighted by atomic mass is 10.0. The van der Waals surface area contributed by atoms with Gasteiger partial charge in [0.05, 0.1) is 6.10 Å². The van der Waals surface area contributed by atoms with Crippen LogP contribution in [-0.2, 0) is 4.74 Å². The summed E-state index contributed by atoms with van der Waals surface area (Å²) in [5.41, 5.74) is 0. The number of nitrogens with one attached hydrogen (secondary N) is 1. The summed E-state index contributed by atoms with van der Waals surface area (Å²) < 4.78 is 5.54. The third-order valence-corrected chi connectivity index (χ3v) is 2.18. The second-order valence-corrected chi connectivity index (χ2v) is 2.82. The van der Waals surface area contributed by atoms with E-state index in [-0.39, 0.29) is 0 Å². The van der Waals surface area contributed by atoms with Gasteiger partial charge in [-0.25, -0.2) is 0 Å². The quantitative estimate of drug-likeness (QED) is 0.637. The van der Waals surface area contributed by atoms with Gasteiger partial charge in [-0.05, 0) is 19.3 Å². The fraction of sp³-hybridized carbons (Fsp3) is 1.00. The van der Waals surface area contributed by atoms with Gasteiger partial charge in [0.2, 0.25) is 0 Å². The molecule has 1 heterocycles. The largest absolute Gasteiger partial charge is 0.377 e. The summed E-state index contributed by atoms with van der Waals surface area (Å²) in [7, 11) is 0. The van der Waals surface area contributed by atoms with Crippen molar-refractivity contribution >= 4 is 0 Å². The van der Waals surface area contributed by atoms with Crippen molar-refractivity contribution in [1.29, 1.82) is 0 Å². The molecule has 1 fully saturated rings. The highest BCUT2D eigenvalue weighted by Crippen LogP contribution is 2.15. The van der Waals surface area contributed by atoms with Gasteiger partial charge in [-0.3, -0.25) is 0 Å². The first-order valence-corrected chi connectivity index (χ1v) is 4.20. The van der Waals surface area contributed by atoms with Gasteiger partial charge in [0.15, 0.2) is 0 Å². The molecule has 0 aromatic rings. The molecule has 1 saturated heterocycles.